The highest BCUT2D eigenvalue weighted by Gasteiger charge is 2.20. The number of fused-ring (bicyclic) bond motifs is 1. The fourth-order valence-electron chi connectivity index (χ4n) is 2.15. The van der Waals surface area contributed by atoms with Crippen molar-refractivity contribution >= 4 is 10.8 Å². The molecule has 0 aromatic heterocycles. The Labute approximate surface area is 88.5 Å². The zero-order valence-corrected chi connectivity index (χ0v) is 8.40. The van der Waals surface area contributed by atoms with Crippen LogP contribution in [-0.4, -0.2) is 18.2 Å². The molecule has 2 aromatic rings. The normalized spacial score (nSPS) is 16.5. The van der Waals surface area contributed by atoms with Gasteiger partial charge in [-0.2, -0.15) is 0 Å². The molecule has 0 unspecified atom stereocenters. The van der Waals surface area contributed by atoms with E-state index < -0.39 is 0 Å². The first-order valence-corrected chi connectivity index (χ1v) is 5.27. The van der Waals surface area contributed by atoms with Gasteiger partial charge in [0.2, 0.25) is 0 Å². The van der Waals surface area contributed by atoms with Crippen molar-refractivity contribution in [1.29, 1.82) is 0 Å². The summed E-state index contributed by atoms with van der Waals surface area (Å²) in [5, 5.41) is 15.2. The SMILES string of the molecule is Oc1ccc2cccc(C3CNC3)c2c1. The fraction of sp³-hybridized carbons (Fsp3) is 0.231. The summed E-state index contributed by atoms with van der Waals surface area (Å²) in [5.41, 5.74) is 1.35. The molecule has 1 saturated heterocycles. The summed E-state index contributed by atoms with van der Waals surface area (Å²) in [5.74, 6) is 0.956. The third kappa shape index (κ3) is 1.38. The molecule has 0 bridgehead atoms. The van der Waals surface area contributed by atoms with E-state index in [1.807, 2.05) is 12.1 Å². The molecule has 1 aliphatic heterocycles. The largest absolute Gasteiger partial charge is 0.508 e. The molecule has 0 radical (unpaired) electrons. The number of phenols is 1. The van der Waals surface area contributed by atoms with Crippen LogP contribution in [-0.2, 0) is 0 Å². The van der Waals surface area contributed by atoms with E-state index in [1.54, 1.807) is 6.07 Å². The third-order valence-corrected chi connectivity index (χ3v) is 3.12. The van der Waals surface area contributed by atoms with Crippen molar-refractivity contribution in [1.82, 2.24) is 5.32 Å². The maximum atomic E-state index is 9.51. The van der Waals surface area contributed by atoms with Crippen molar-refractivity contribution < 1.29 is 5.11 Å². The van der Waals surface area contributed by atoms with Gasteiger partial charge in [-0.3, -0.25) is 0 Å². The lowest BCUT2D eigenvalue weighted by molar-refractivity contribution is 0.450. The van der Waals surface area contributed by atoms with E-state index in [-0.39, 0.29) is 0 Å². The average molecular weight is 199 g/mol. The van der Waals surface area contributed by atoms with Crippen LogP contribution in [0.3, 0.4) is 0 Å². The number of hydrogen-bond donors (Lipinski definition) is 2. The van der Waals surface area contributed by atoms with Gasteiger partial charge in [0.1, 0.15) is 5.75 Å². The summed E-state index contributed by atoms with van der Waals surface area (Å²) in [7, 11) is 0. The van der Waals surface area contributed by atoms with Gasteiger partial charge in [0.25, 0.3) is 0 Å². The number of nitrogens with one attached hydrogen (secondary N) is 1. The lowest BCUT2D eigenvalue weighted by Gasteiger charge is -2.28. The Kier molecular flexibility index (Phi) is 1.89. The molecule has 0 amide bonds. The Morgan fingerprint density at radius 1 is 1.13 bits per heavy atom. The van der Waals surface area contributed by atoms with Gasteiger partial charge in [-0.25, -0.2) is 0 Å². The molecule has 0 aliphatic carbocycles. The van der Waals surface area contributed by atoms with Gasteiger partial charge < -0.3 is 10.4 Å². The third-order valence-electron chi connectivity index (χ3n) is 3.12. The predicted octanol–water partition coefficient (Wildman–Crippen LogP) is 2.23. The lowest BCUT2D eigenvalue weighted by Crippen LogP contribution is -2.39. The number of rotatable bonds is 1. The second kappa shape index (κ2) is 3.24. The minimum atomic E-state index is 0.349. The van der Waals surface area contributed by atoms with Crippen LogP contribution in [0.1, 0.15) is 11.5 Å². The molecule has 1 aliphatic rings. The summed E-state index contributed by atoms with van der Waals surface area (Å²) >= 11 is 0. The first-order chi connectivity index (χ1) is 7.34. The Hall–Kier alpha value is -1.54. The zero-order chi connectivity index (χ0) is 10.3. The van der Waals surface area contributed by atoms with Gasteiger partial charge in [-0.05, 0) is 28.5 Å². The highest BCUT2D eigenvalue weighted by molar-refractivity contribution is 5.87. The maximum Gasteiger partial charge on any atom is 0.116 e. The van der Waals surface area contributed by atoms with Gasteiger partial charge in [-0.15, -0.1) is 0 Å². The zero-order valence-electron chi connectivity index (χ0n) is 8.40. The molecule has 3 rings (SSSR count). The van der Waals surface area contributed by atoms with Crippen LogP contribution in [0.2, 0.25) is 0 Å². The van der Waals surface area contributed by atoms with E-state index in [0.29, 0.717) is 11.7 Å². The molecular weight excluding hydrogens is 186 g/mol. The minimum Gasteiger partial charge on any atom is -0.508 e. The molecule has 2 aromatic carbocycles. The molecule has 76 valence electrons. The van der Waals surface area contributed by atoms with E-state index in [9.17, 15) is 5.11 Å². The molecule has 1 fully saturated rings. The molecule has 2 N–H and O–H groups in total. The van der Waals surface area contributed by atoms with Crippen LogP contribution < -0.4 is 5.32 Å². The summed E-state index contributed by atoms with van der Waals surface area (Å²) in [6.45, 7) is 2.10. The van der Waals surface area contributed by atoms with Gasteiger partial charge in [0.05, 0.1) is 0 Å². The fourth-order valence-corrected chi connectivity index (χ4v) is 2.15. The highest BCUT2D eigenvalue weighted by Crippen LogP contribution is 2.30. The van der Waals surface area contributed by atoms with Gasteiger partial charge in [-0.1, -0.05) is 24.3 Å². The van der Waals surface area contributed by atoms with Crippen molar-refractivity contribution in [3.05, 3.63) is 42.0 Å². The monoisotopic (exact) mass is 199 g/mol. The molecular formula is C13H13NO. The van der Waals surface area contributed by atoms with Crippen LogP contribution in [0.15, 0.2) is 36.4 Å². The summed E-state index contributed by atoms with van der Waals surface area (Å²) in [6, 6.07) is 11.9. The molecule has 2 nitrogen and oxygen atoms in total. The van der Waals surface area contributed by atoms with Crippen LogP contribution in [0.4, 0.5) is 0 Å². The second-order valence-electron chi connectivity index (χ2n) is 4.11. The van der Waals surface area contributed by atoms with Crippen LogP contribution in [0.25, 0.3) is 10.8 Å². The Morgan fingerprint density at radius 3 is 2.73 bits per heavy atom. The first kappa shape index (κ1) is 8.74. The summed E-state index contributed by atoms with van der Waals surface area (Å²) < 4.78 is 0. The van der Waals surface area contributed by atoms with Crippen LogP contribution in [0, 0.1) is 0 Å². The topological polar surface area (TPSA) is 32.3 Å². The Balaban J connectivity index is 2.23. The number of aromatic hydroxyl groups is 1. The van der Waals surface area contributed by atoms with Gasteiger partial charge in [0.15, 0.2) is 0 Å². The van der Waals surface area contributed by atoms with Crippen molar-refractivity contribution in [3.63, 3.8) is 0 Å². The van der Waals surface area contributed by atoms with E-state index in [0.717, 1.165) is 13.1 Å². The quantitative estimate of drug-likeness (QED) is 0.738. The lowest BCUT2D eigenvalue weighted by atomic mass is 9.89. The number of phenolic OH excluding ortho intramolecular Hbond substituents is 1. The summed E-state index contributed by atoms with van der Waals surface area (Å²) in [6.07, 6.45) is 0. The number of hydrogen-bond acceptors (Lipinski definition) is 2. The van der Waals surface area contributed by atoms with Crippen molar-refractivity contribution in [2.24, 2.45) is 0 Å². The maximum absolute atomic E-state index is 9.51. The van der Waals surface area contributed by atoms with Crippen molar-refractivity contribution in [2.45, 2.75) is 5.92 Å². The molecule has 15 heavy (non-hydrogen) atoms. The predicted molar refractivity (Wildman–Crippen MR) is 61.2 cm³/mol. The van der Waals surface area contributed by atoms with Crippen molar-refractivity contribution in [2.75, 3.05) is 13.1 Å². The minimum absolute atomic E-state index is 0.349. The standard InChI is InChI=1S/C13H13NO/c15-11-5-4-9-2-1-3-12(13(9)6-11)10-7-14-8-10/h1-6,10,14-15H,7-8H2. The van der Waals surface area contributed by atoms with E-state index in [2.05, 4.69) is 23.5 Å². The first-order valence-electron chi connectivity index (χ1n) is 5.27. The highest BCUT2D eigenvalue weighted by atomic mass is 16.3. The average Bonchev–Trinajstić information content (AvgIpc) is 2.16. The molecule has 1 heterocycles. The van der Waals surface area contributed by atoms with Crippen molar-refractivity contribution in [3.8, 4) is 5.75 Å². The van der Waals surface area contributed by atoms with Gasteiger partial charge in [0, 0.05) is 19.0 Å². The molecule has 0 atom stereocenters. The van der Waals surface area contributed by atoms with Crippen LogP contribution >= 0.6 is 0 Å². The summed E-state index contributed by atoms with van der Waals surface area (Å²) in [4.78, 5) is 0. The molecule has 0 saturated carbocycles. The van der Waals surface area contributed by atoms with Gasteiger partial charge >= 0.3 is 0 Å². The van der Waals surface area contributed by atoms with E-state index in [4.69, 9.17) is 0 Å². The smallest absolute Gasteiger partial charge is 0.116 e. The molecule has 0 spiro atoms. The second-order valence-corrected chi connectivity index (χ2v) is 4.11. The van der Waals surface area contributed by atoms with E-state index >= 15 is 0 Å². The van der Waals surface area contributed by atoms with Crippen LogP contribution in [0.5, 0.6) is 5.75 Å². The Bertz CT molecular complexity index is 503. The van der Waals surface area contributed by atoms with E-state index in [1.165, 1.54) is 16.3 Å². The Morgan fingerprint density at radius 2 is 2.00 bits per heavy atom. The number of benzene rings is 2. The molecule has 2 heteroatoms.